The van der Waals surface area contributed by atoms with Crippen molar-refractivity contribution in [2.45, 2.75) is 19.9 Å². The highest BCUT2D eigenvalue weighted by molar-refractivity contribution is 6.31. The number of carbonyl (C=O) groups excluding carboxylic acids is 1. The molecule has 0 saturated carbocycles. The number of nitrogens with one attached hydrogen (secondary N) is 2. The lowest BCUT2D eigenvalue weighted by Crippen LogP contribution is -2.23. The number of benzene rings is 3. The topological polar surface area (TPSA) is 81.1 Å². The van der Waals surface area contributed by atoms with Gasteiger partial charge in [-0.25, -0.2) is 4.39 Å². The Bertz CT molecular complexity index is 1500. The molecule has 0 aliphatic carbocycles. The van der Waals surface area contributed by atoms with Crippen molar-refractivity contribution in [2.24, 2.45) is 0 Å². The number of carbonyl (C=O) groups is 1. The maximum absolute atomic E-state index is 13.7. The summed E-state index contributed by atoms with van der Waals surface area (Å²) in [5, 5.41) is 17.1. The normalized spacial score (nSPS) is 10.7. The minimum absolute atomic E-state index is 0.0327. The van der Waals surface area contributed by atoms with Gasteiger partial charge >= 0.3 is 0 Å². The zero-order valence-corrected chi connectivity index (χ0v) is 20.9. The van der Waals surface area contributed by atoms with E-state index in [0.717, 1.165) is 22.4 Å². The fourth-order valence-corrected chi connectivity index (χ4v) is 4.08. The van der Waals surface area contributed by atoms with Crippen molar-refractivity contribution < 1.29 is 9.18 Å². The van der Waals surface area contributed by atoms with Gasteiger partial charge in [0.25, 0.3) is 0 Å². The summed E-state index contributed by atoms with van der Waals surface area (Å²) in [4.78, 5) is 18.7. The van der Waals surface area contributed by atoms with E-state index in [1.54, 1.807) is 20.2 Å². The largest absolute Gasteiger partial charge is 0.381 e. The van der Waals surface area contributed by atoms with E-state index in [-0.39, 0.29) is 17.4 Å². The third kappa shape index (κ3) is 5.56. The van der Waals surface area contributed by atoms with E-state index in [2.05, 4.69) is 27.8 Å². The Hall–Kier alpha value is -4.15. The molecule has 0 saturated heterocycles. The minimum atomic E-state index is -0.533. The number of nitrogens with zero attached hydrogens (tertiary/aromatic N) is 3. The van der Waals surface area contributed by atoms with Crippen molar-refractivity contribution in [1.82, 2.24) is 9.88 Å². The maximum Gasteiger partial charge on any atom is 0.226 e. The summed E-state index contributed by atoms with van der Waals surface area (Å²) in [5.41, 5.74) is 5.72. The summed E-state index contributed by atoms with van der Waals surface area (Å²) >= 11 is 5.98. The summed E-state index contributed by atoms with van der Waals surface area (Å²) in [6.07, 6.45) is 1.61. The summed E-state index contributed by atoms with van der Waals surface area (Å²) < 4.78 is 13.7. The smallest absolute Gasteiger partial charge is 0.226 e. The molecule has 0 atom stereocenters. The van der Waals surface area contributed by atoms with E-state index in [9.17, 15) is 14.4 Å². The minimum Gasteiger partial charge on any atom is -0.381 e. The first-order valence-electron chi connectivity index (χ1n) is 11.3. The fraction of sp³-hybridized carbons (Fsp3) is 0.179. The molecule has 3 aromatic carbocycles. The highest BCUT2D eigenvalue weighted by Crippen LogP contribution is 2.34. The highest BCUT2D eigenvalue weighted by Gasteiger charge is 2.17. The summed E-state index contributed by atoms with van der Waals surface area (Å²) in [6, 6.07) is 18.4. The molecule has 4 aromatic rings. The van der Waals surface area contributed by atoms with Gasteiger partial charge in [-0.3, -0.25) is 9.78 Å². The molecular weight excluding hydrogens is 477 g/mol. The molecule has 4 rings (SSSR count). The second-order valence-electron chi connectivity index (χ2n) is 8.75. The molecule has 0 unspecified atom stereocenters. The van der Waals surface area contributed by atoms with Gasteiger partial charge in [0.2, 0.25) is 5.91 Å². The molecule has 1 amide bonds. The molecule has 1 heterocycles. The SMILES string of the molecule is Cc1cccc(CNc2cc(CC(=O)N(C)C)c3ncc(C#N)c(Nc4ccc(F)c(Cl)c4)c3c2)c1. The second kappa shape index (κ2) is 10.6. The van der Waals surface area contributed by atoms with Gasteiger partial charge in [-0.2, -0.15) is 5.26 Å². The number of halogens is 2. The number of pyridine rings is 1. The van der Waals surface area contributed by atoms with Crippen molar-refractivity contribution in [3.8, 4) is 6.07 Å². The van der Waals surface area contributed by atoms with Gasteiger partial charge in [-0.1, -0.05) is 41.4 Å². The average Bonchev–Trinajstić information content (AvgIpc) is 2.85. The number of hydrogen-bond donors (Lipinski definition) is 2. The van der Waals surface area contributed by atoms with Crippen molar-refractivity contribution in [3.05, 3.63) is 93.9 Å². The molecule has 1 aromatic heterocycles. The zero-order valence-electron chi connectivity index (χ0n) is 20.2. The van der Waals surface area contributed by atoms with Crippen LogP contribution in [-0.4, -0.2) is 29.9 Å². The van der Waals surface area contributed by atoms with Crippen molar-refractivity contribution in [2.75, 3.05) is 24.7 Å². The summed E-state index contributed by atoms with van der Waals surface area (Å²) in [6.45, 7) is 2.62. The lowest BCUT2D eigenvalue weighted by Gasteiger charge is -2.17. The molecule has 0 fully saturated rings. The fourth-order valence-electron chi connectivity index (χ4n) is 3.90. The number of rotatable bonds is 7. The first-order valence-corrected chi connectivity index (χ1v) is 11.7. The summed E-state index contributed by atoms with van der Waals surface area (Å²) in [5.74, 6) is -0.604. The Labute approximate surface area is 214 Å². The predicted octanol–water partition coefficient (Wildman–Crippen LogP) is 6.19. The first kappa shape index (κ1) is 25.0. The predicted molar refractivity (Wildman–Crippen MR) is 142 cm³/mol. The zero-order chi connectivity index (χ0) is 25.8. The van der Waals surface area contributed by atoms with Crippen LogP contribution in [0.4, 0.5) is 21.5 Å². The van der Waals surface area contributed by atoms with Crippen LogP contribution in [0.5, 0.6) is 0 Å². The van der Waals surface area contributed by atoms with Crippen molar-refractivity contribution >= 4 is 45.5 Å². The van der Waals surface area contributed by atoms with Crippen LogP contribution in [0.1, 0.15) is 22.3 Å². The first-order chi connectivity index (χ1) is 17.2. The quantitative estimate of drug-likeness (QED) is 0.315. The number of nitriles is 1. The third-order valence-corrected chi connectivity index (χ3v) is 6.07. The third-order valence-electron chi connectivity index (χ3n) is 5.78. The van der Waals surface area contributed by atoms with Crippen molar-refractivity contribution in [1.29, 1.82) is 5.26 Å². The standard InChI is InChI=1S/C28H25ClFN5O/c1-17-5-4-6-18(9-17)15-32-22-10-19(11-26(36)35(2)3)27-23(12-22)28(20(14-31)16-33-27)34-21-7-8-25(30)24(29)13-21/h4-10,12-13,16,32H,11,15H2,1-3H3,(H,33,34). The van der Waals surface area contributed by atoms with Gasteiger partial charge in [-0.15, -0.1) is 0 Å². The molecule has 0 radical (unpaired) electrons. The van der Waals surface area contributed by atoms with Crippen molar-refractivity contribution in [3.63, 3.8) is 0 Å². The molecular formula is C28H25ClFN5O. The number of aromatic nitrogens is 1. The van der Waals surface area contributed by atoms with Gasteiger partial charge < -0.3 is 15.5 Å². The van der Waals surface area contributed by atoms with E-state index >= 15 is 0 Å². The van der Waals surface area contributed by atoms with Gasteiger partial charge in [-0.05, 0) is 48.4 Å². The van der Waals surface area contributed by atoms with Gasteiger partial charge in [0.1, 0.15) is 11.9 Å². The molecule has 0 aliphatic rings. The van der Waals surface area contributed by atoms with Crippen LogP contribution >= 0.6 is 11.6 Å². The molecule has 6 nitrogen and oxygen atoms in total. The molecule has 8 heteroatoms. The van der Waals surface area contributed by atoms with E-state index in [4.69, 9.17) is 11.6 Å². The molecule has 2 N–H and O–H groups in total. The summed E-state index contributed by atoms with van der Waals surface area (Å²) in [7, 11) is 3.41. The van der Waals surface area contributed by atoms with Gasteiger partial charge in [0, 0.05) is 43.6 Å². The number of hydrogen-bond acceptors (Lipinski definition) is 5. The van der Waals surface area contributed by atoms with Crippen LogP contribution in [0.3, 0.4) is 0 Å². The molecule has 36 heavy (non-hydrogen) atoms. The number of likely N-dealkylation sites (N-methyl/N-ethyl adjacent to an activating group) is 1. The lowest BCUT2D eigenvalue weighted by molar-refractivity contribution is -0.127. The van der Waals surface area contributed by atoms with E-state index < -0.39 is 5.82 Å². The monoisotopic (exact) mass is 501 g/mol. The number of fused-ring (bicyclic) bond motifs is 1. The second-order valence-corrected chi connectivity index (χ2v) is 9.16. The van der Waals surface area contributed by atoms with E-state index in [0.29, 0.717) is 34.4 Å². The number of amides is 1. The van der Waals surface area contributed by atoms with Gasteiger partial charge in [0.15, 0.2) is 0 Å². The van der Waals surface area contributed by atoms with Crippen LogP contribution in [0.2, 0.25) is 5.02 Å². The number of aryl methyl sites for hydroxylation is 1. The van der Waals surface area contributed by atoms with E-state index in [1.165, 1.54) is 23.2 Å². The van der Waals surface area contributed by atoms with E-state index in [1.807, 2.05) is 37.3 Å². The Kier molecular flexibility index (Phi) is 7.37. The Morgan fingerprint density at radius 3 is 2.64 bits per heavy atom. The lowest BCUT2D eigenvalue weighted by atomic mass is 10.0. The van der Waals surface area contributed by atoms with Crippen LogP contribution in [0.25, 0.3) is 10.9 Å². The van der Waals surface area contributed by atoms with Crippen LogP contribution in [0, 0.1) is 24.1 Å². The Balaban J connectivity index is 1.83. The molecule has 182 valence electrons. The maximum atomic E-state index is 13.7. The molecule has 0 bridgehead atoms. The van der Waals surface area contributed by atoms with Crippen LogP contribution in [0.15, 0.2) is 60.8 Å². The molecule has 0 aliphatic heterocycles. The Morgan fingerprint density at radius 1 is 1.14 bits per heavy atom. The van der Waals surface area contributed by atoms with Crippen LogP contribution in [-0.2, 0) is 17.8 Å². The highest BCUT2D eigenvalue weighted by atomic mass is 35.5. The van der Waals surface area contributed by atoms with Gasteiger partial charge in [0.05, 0.1) is 28.2 Å². The Morgan fingerprint density at radius 2 is 1.94 bits per heavy atom. The average molecular weight is 502 g/mol. The molecule has 0 spiro atoms. The number of anilines is 3. The van der Waals surface area contributed by atoms with Crippen LogP contribution < -0.4 is 10.6 Å².